The second kappa shape index (κ2) is 3.66. The van der Waals surface area contributed by atoms with Crippen LogP contribution in [0.1, 0.15) is 29.4 Å². The molecule has 2 rings (SSSR count). The van der Waals surface area contributed by atoms with Crippen LogP contribution in [0.4, 0.5) is 0 Å². The van der Waals surface area contributed by atoms with Crippen LogP contribution >= 0.6 is 0 Å². The highest BCUT2D eigenvalue weighted by Crippen LogP contribution is 2.31. The van der Waals surface area contributed by atoms with Gasteiger partial charge < -0.3 is 10.0 Å². The first-order chi connectivity index (χ1) is 7.08. The molecule has 1 aromatic heterocycles. The Hall–Kier alpha value is -1.36. The molecule has 0 aliphatic heterocycles. The Morgan fingerprint density at radius 2 is 2.27 bits per heavy atom. The van der Waals surface area contributed by atoms with Gasteiger partial charge in [-0.25, -0.2) is 0 Å². The minimum atomic E-state index is -0.202. The highest BCUT2D eigenvalue weighted by Gasteiger charge is 2.29. The molecule has 1 aromatic rings. The molecule has 82 valence electrons. The van der Waals surface area contributed by atoms with Gasteiger partial charge in [-0.1, -0.05) is 0 Å². The summed E-state index contributed by atoms with van der Waals surface area (Å²) in [5, 5.41) is 13.4. The van der Waals surface area contributed by atoms with Crippen molar-refractivity contribution in [2.75, 3.05) is 14.1 Å². The van der Waals surface area contributed by atoms with Gasteiger partial charge in [-0.05, 0) is 18.9 Å². The molecule has 0 radical (unpaired) electrons. The summed E-state index contributed by atoms with van der Waals surface area (Å²) >= 11 is 0. The van der Waals surface area contributed by atoms with E-state index in [0.717, 1.165) is 12.8 Å². The van der Waals surface area contributed by atoms with Gasteiger partial charge in [0.15, 0.2) is 0 Å². The number of aromatic nitrogens is 2. The molecule has 15 heavy (non-hydrogen) atoms. The van der Waals surface area contributed by atoms with Crippen molar-refractivity contribution >= 4 is 5.91 Å². The van der Waals surface area contributed by atoms with Crippen LogP contribution in [0, 0.1) is 0 Å². The summed E-state index contributed by atoms with van der Waals surface area (Å²) in [6.45, 7) is 0. The van der Waals surface area contributed by atoms with Crippen molar-refractivity contribution in [3.8, 4) is 0 Å². The minimum Gasteiger partial charge on any atom is -0.393 e. The Balaban J connectivity index is 2.07. The zero-order valence-electron chi connectivity index (χ0n) is 8.92. The number of carbonyl (C=O) groups is 1. The van der Waals surface area contributed by atoms with Crippen LogP contribution in [0.5, 0.6) is 0 Å². The zero-order chi connectivity index (χ0) is 11.0. The normalized spacial score (nSPS) is 24.7. The number of rotatable bonds is 2. The number of hydrogen-bond donors (Lipinski definition) is 1. The van der Waals surface area contributed by atoms with E-state index >= 15 is 0 Å². The number of nitrogens with zero attached hydrogens (tertiary/aromatic N) is 3. The average Bonchev–Trinajstić information content (AvgIpc) is 2.60. The highest BCUT2D eigenvalue weighted by atomic mass is 16.3. The molecule has 1 aliphatic rings. The third-order valence-corrected chi connectivity index (χ3v) is 2.70. The molecule has 1 saturated carbocycles. The molecule has 5 heteroatoms. The van der Waals surface area contributed by atoms with E-state index in [1.165, 1.54) is 4.90 Å². The first kappa shape index (κ1) is 10.2. The first-order valence-electron chi connectivity index (χ1n) is 5.03. The molecule has 5 nitrogen and oxygen atoms in total. The Morgan fingerprint density at radius 1 is 1.60 bits per heavy atom. The van der Waals surface area contributed by atoms with Crippen LogP contribution in [0.25, 0.3) is 0 Å². The van der Waals surface area contributed by atoms with Crippen LogP contribution in [0.15, 0.2) is 12.3 Å². The lowest BCUT2D eigenvalue weighted by atomic mass is 9.90. The molecule has 1 amide bonds. The second-order valence-corrected chi connectivity index (χ2v) is 4.16. The maximum atomic E-state index is 11.6. The van der Waals surface area contributed by atoms with Crippen molar-refractivity contribution in [2.24, 2.45) is 0 Å². The van der Waals surface area contributed by atoms with Gasteiger partial charge in [-0.3, -0.25) is 9.48 Å². The molecule has 0 saturated heterocycles. The van der Waals surface area contributed by atoms with Crippen molar-refractivity contribution < 1.29 is 9.90 Å². The third kappa shape index (κ3) is 1.87. The van der Waals surface area contributed by atoms with Gasteiger partial charge in [0.1, 0.15) is 5.69 Å². The topological polar surface area (TPSA) is 58.4 Å². The lowest BCUT2D eigenvalue weighted by Crippen LogP contribution is -2.31. The molecule has 1 aliphatic carbocycles. The van der Waals surface area contributed by atoms with E-state index in [1.54, 1.807) is 31.0 Å². The van der Waals surface area contributed by atoms with Crippen LogP contribution in [-0.4, -0.2) is 45.9 Å². The number of aliphatic hydroxyl groups is 1. The van der Waals surface area contributed by atoms with Gasteiger partial charge in [-0.15, -0.1) is 0 Å². The van der Waals surface area contributed by atoms with Gasteiger partial charge >= 0.3 is 0 Å². The Bertz CT molecular complexity index is 366. The van der Waals surface area contributed by atoms with E-state index in [4.69, 9.17) is 5.11 Å². The van der Waals surface area contributed by atoms with Gasteiger partial charge in [0.2, 0.25) is 0 Å². The summed E-state index contributed by atoms with van der Waals surface area (Å²) in [6, 6.07) is 1.97. The molecule has 0 atom stereocenters. The van der Waals surface area contributed by atoms with Crippen molar-refractivity contribution in [1.82, 2.24) is 14.7 Å². The smallest absolute Gasteiger partial charge is 0.273 e. The number of amides is 1. The van der Waals surface area contributed by atoms with E-state index < -0.39 is 0 Å². The molecular weight excluding hydrogens is 194 g/mol. The molecule has 0 spiro atoms. The molecular formula is C10H15N3O2. The van der Waals surface area contributed by atoms with E-state index in [1.807, 2.05) is 0 Å². The van der Waals surface area contributed by atoms with Crippen LogP contribution in [0.2, 0.25) is 0 Å². The van der Waals surface area contributed by atoms with Gasteiger partial charge in [0, 0.05) is 20.3 Å². The third-order valence-electron chi connectivity index (χ3n) is 2.70. The number of carbonyl (C=O) groups excluding carboxylic acids is 1. The van der Waals surface area contributed by atoms with Crippen molar-refractivity contribution in [1.29, 1.82) is 0 Å². The molecule has 0 aromatic carbocycles. The summed E-state index contributed by atoms with van der Waals surface area (Å²) in [7, 11) is 3.41. The van der Waals surface area contributed by atoms with Crippen molar-refractivity contribution in [3.63, 3.8) is 0 Å². The fraction of sp³-hybridized carbons (Fsp3) is 0.600. The summed E-state index contributed by atoms with van der Waals surface area (Å²) in [4.78, 5) is 13.1. The first-order valence-corrected chi connectivity index (χ1v) is 5.03. The minimum absolute atomic E-state index is 0.0892. The van der Waals surface area contributed by atoms with Gasteiger partial charge in [-0.2, -0.15) is 5.10 Å². The maximum Gasteiger partial charge on any atom is 0.273 e. The summed E-state index contributed by atoms with van der Waals surface area (Å²) < 4.78 is 1.77. The Labute approximate surface area is 88.3 Å². The van der Waals surface area contributed by atoms with Crippen LogP contribution < -0.4 is 0 Å². The largest absolute Gasteiger partial charge is 0.393 e. The molecule has 1 N–H and O–H groups in total. The number of aliphatic hydroxyl groups excluding tert-OH is 1. The van der Waals surface area contributed by atoms with Gasteiger partial charge in [0.25, 0.3) is 5.91 Å². The van der Waals surface area contributed by atoms with Crippen molar-refractivity contribution in [3.05, 3.63) is 18.0 Å². The summed E-state index contributed by atoms with van der Waals surface area (Å²) in [5.74, 6) is -0.0892. The predicted molar refractivity (Wildman–Crippen MR) is 54.5 cm³/mol. The maximum absolute atomic E-state index is 11.6. The summed E-state index contributed by atoms with van der Waals surface area (Å²) in [5.41, 5.74) is 0.460. The fourth-order valence-corrected chi connectivity index (χ4v) is 1.66. The van der Waals surface area contributed by atoms with E-state index in [-0.39, 0.29) is 18.1 Å². The Morgan fingerprint density at radius 3 is 2.80 bits per heavy atom. The monoisotopic (exact) mass is 209 g/mol. The van der Waals surface area contributed by atoms with E-state index in [0.29, 0.717) is 5.69 Å². The van der Waals surface area contributed by atoms with Crippen LogP contribution in [-0.2, 0) is 0 Å². The lowest BCUT2D eigenvalue weighted by Gasteiger charge is -2.31. The summed E-state index contributed by atoms with van der Waals surface area (Å²) in [6.07, 6.45) is 3.06. The van der Waals surface area contributed by atoms with Gasteiger partial charge in [0.05, 0.1) is 12.1 Å². The van der Waals surface area contributed by atoms with E-state index in [9.17, 15) is 4.79 Å². The predicted octanol–water partition coefficient (Wildman–Crippen LogP) is 0.281. The SMILES string of the molecule is CN(C)C(=O)c1ccn([C@H]2C[C@@H](O)C2)n1. The fourth-order valence-electron chi connectivity index (χ4n) is 1.66. The standard InChI is InChI=1S/C10H15N3O2/c1-12(2)10(15)9-3-4-13(11-9)7-5-8(14)6-7/h3-4,7-8,14H,5-6H2,1-2H3/t7-,8+. The zero-order valence-corrected chi connectivity index (χ0v) is 8.92. The average molecular weight is 209 g/mol. The Kier molecular flexibility index (Phi) is 2.48. The molecule has 0 bridgehead atoms. The van der Waals surface area contributed by atoms with E-state index in [2.05, 4.69) is 5.10 Å². The quantitative estimate of drug-likeness (QED) is 0.761. The van der Waals surface area contributed by atoms with Crippen molar-refractivity contribution in [2.45, 2.75) is 25.0 Å². The molecule has 1 fully saturated rings. The lowest BCUT2D eigenvalue weighted by molar-refractivity contribution is 0.0431. The highest BCUT2D eigenvalue weighted by molar-refractivity contribution is 5.91. The molecule has 0 unspecified atom stereocenters. The molecule has 1 heterocycles. The van der Waals surface area contributed by atoms with Crippen LogP contribution in [0.3, 0.4) is 0 Å². The second-order valence-electron chi connectivity index (χ2n) is 4.16. The number of hydrogen-bond acceptors (Lipinski definition) is 3.